The minimum Gasteiger partial charge on any atom is -0.355 e. The Labute approximate surface area is 134 Å². The molecule has 3 rings (SSSR count). The van der Waals surface area contributed by atoms with Crippen LogP contribution < -0.4 is 5.32 Å². The first kappa shape index (κ1) is 14.8. The number of hydrogen-bond donors (Lipinski definition) is 1. The molecule has 0 aliphatic heterocycles. The van der Waals surface area contributed by atoms with Crippen LogP contribution >= 0.6 is 0 Å². The van der Waals surface area contributed by atoms with E-state index in [1.807, 2.05) is 49.4 Å². The highest BCUT2D eigenvalue weighted by Gasteiger charge is 2.09. The van der Waals surface area contributed by atoms with Gasteiger partial charge >= 0.3 is 0 Å². The molecule has 0 atom stereocenters. The van der Waals surface area contributed by atoms with Crippen LogP contribution in [0.4, 0.5) is 17.1 Å². The van der Waals surface area contributed by atoms with Crippen LogP contribution in [0.25, 0.3) is 11.1 Å². The number of nitrogens with zero attached hydrogens (tertiary/aromatic N) is 1. The van der Waals surface area contributed by atoms with Crippen LogP contribution in [-0.2, 0) is 0 Å². The molecule has 4 heteroatoms. The Balaban J connectivity index is 1.92. The lowest BCUT2D eigenvalue weighted by atomic mass is 10.1. The van der Waals surface area contributed by atoms with Crippen LogP contribution in [0.5, 0.6) is 0 Å². The number of anilines is 2. The summed E-state index contributed by atoms with van der Waals surface area (Å²) in [5, 5.41) is 14.2. The van der Waals surface area contributed by atoms with Crippen LogP contribution in [0.1, 0.15) is 5.56 Å². The molecule has 0 fully saturated rings. The second-order valence-corrected chi connectivity index (χ2v) is 5.33. The van der Waals surface area contributed by atoms with Crippen LogP contribution in [0.15, 0.2) is 72.8 Å². The standard InChI is InChI=1S/C19H16N2O2/c1-14-10-11-18(21(22)23)13-19(14)20-17-9-5-8-16(12-17)15-6-3-2-4-7-15/h2-13,20H,1H3. The monoisotopic (exact) mass is 304 g/mol. The van der Waals surface area contributed by atoms with Gasteiger partial charge in [0.15, 0.2) is 0 Å². The van der Waals surface area contributed by atoms with Gasteiger partial charge in [-0.15, -0.1) is 0 Å². The molecule has 114 valence electrons. The fourth-order valence-corrected chi connectivity index (χ4v) is 2.42. The Morgan fingerprint density at radius 2 is 1.61 bits per heavy atom. The predicted octanol–water partition coefficient (Wildman–Crippen LogP) is 5.31. The van der Waals surface area contributed by atoms with Crippen LogP contribution in [0.3, 0.4) is 0 Å². The zero-order valence-corrected chi connectivity index (χ0v) is 12.7. The van der Waals surface area contributed by atoms with Gasteiger partial charge in [-0.1, -0.05) is 48.5 Å². The van der Waals surface area contributed by atoms with E-state index in [2.05, 4.69) is 17.4 Å². The minimum absolute atomic E-state index is 0.0808. The molecule has 23 heavy (non-hydrogen) atoms. The lowest BCUT2D eigenvalue weighted by molar-refractivity contribution is -0.384. The summed E-state index contributed by atoms with van der Waals surface area (Å²) >= 11 is 0. The van der Waals surface area contributed by atoms with E-state index >= 15 is 0 Å². The summed E-state index contributed by atoms with van der Waals surface area (Å²) in [5.74, 6) is 0. The molecule has 0 saturated heterocycles. The maximum Gasteiger partial charge on any atom is 0.271 e. The fourth-order valence-electron chi connectivity index (χ4n) is 2.42. The quantitative estimate of drug-likeness (QED) is 0.524. The third kappa shape index (κ3) is 3.37. The summed E-state index contributed by atoms with van der Waals surface area (Å²) in [6.45, 7) is 1.92. The Hall–Kier alpha value is -3.14. The van der Waals surface area contributed by atoms with Crippen molar-refractivity contribution in [3.8, 4) is 11.1 Å². The Kier molecular flexibility index (Phi) is 4.06. The number of nitrogens with one attached hydrogen (secondary N) is 1. The van der Waals surface area contributed by atoms with Crippen molar-refractivity contribution >= 4 is 17.1 Å². The molecule has 0 heterocycles. The van der Waals surface area contributed by atoms with Crippen LogP contribution in [0, 0.1) is 17.0 Å². The number of nitro groups is 1. The highest BCUT2D eigenvalue weighted by atomic mass is 16.6. The summed E-state index contributed by atoms with van der Waals surface area (Å²) in [6.07, 6.45) is 0. The maximum atomic E-state index is 10.9. The van der Waals surface area contributed by atoms with E-state index in [9.17, 15) is 10.1 Å². The molecule has 4 nitrogen and oxygen atoms in total. The third-order valence-corrected chi connectivity index (χ3v) is 3.68. The van der Waals surface area contributed by atoms with Gasteiger partial charge < -0.3 is 5.32 Å². The van der Waals surface area contributed by atoms with E-state index in [1.165, 1.54) is 6.07 Å². The van der Waals surface area contributed by atoms with Gasteiger partial charge in [-0.2, -0.15) is 0 Å². The normalized spacial score (nSPS) is 10.3. The van der Waals surface area contributed by atoms with Crippen molar-refractivity contribution < 1.29 is 4.92 Å². The largest absolute Gasteiger partial charge is 0.355 e. The molecular weight excluding hydrogens is 288 g/mol. The van der Waals surface area contributed by atoms with Crippen molar-refractivity contribution in [1.82, 2.24) is 0 Å². The fraction of sp³-hybridized carbons (Fsp3) is 0.0526. The van der Waals surface area contributed by atoms with Crippen molar-refractivity contribution in [2.45, 2.75) is 6.92 Å². The van der Waals surface area contributed by atoms with Gasteiger partial charge in [-0.05, 0) is 35.7 Å². The first-order valence-corrected chi connectivity index (χ1v) is 7.31. The minimum atomic E-state index is -0.384. The lowest BCUT2D eigenvalue weighted by Gasteiger charge is -2.11. The molecule has 0 aromatic heterocycles. The third-order valence-electron chi connectivity index (χ3n) is 3.68. The number of benzene rings is 3. The average molecular weight is 304 g/mol. The molecule has 0 unspecified atom stereocenters. The Morgan fingerprint density at radius 1 is 0.870 bits per heavy atom. The van der Waals surface area contributed by atoms with Crippen LogP contribution in [-0.4, -0.2) is 4.92 Å². The van der Waals surface area contributed by atoms with Gasteiger partial charge in [0.05, 0.1) is 4.92 Å². The SMILES string of the molecule is Cc1ccc([N+](=O)[O-])cc1Nc1cccc(-c2ccccc2)c1. The summed E-state index contributed by atoms with van der Waals surface area (Å²) in [6, 6.07) is 22.9. The van der Waals surface area contributed by atoms with E-state index < -0.39 is 0 Å². The van der Waals surface area contributed by atoms with Crippen LogP contribution in [0.2, 0.25) is 0 Å². The molecule has 1 N–H and O–H groups in total. The van der Waals surface area contributed by atoms with E-state index in [1.54, 1.807) is 12.1 Å². The topological polar surface area (TPSA) is 55.2 Å². The summed E-state index contributed by atoms with van der Waals surface area (Å²) in [7, 11) is 0. The van der Waals surface area contributed by atoms with Gasteiger partial charge in [0, 0.05) is 23.5 Å². The highest BCUT2D eigenvalue weighted by molar-refractivity contribution is 5.72. The van der Waals surface area contributed by atoms with Crippen molar-refractivity contribution in [3.63, 3.8) is 0 Å². The molecule has 3 aromatic rings. The van der Waals surface area contributed by atoms with E-state index in [0.29, 0.717) is 0 Å². The van der Waals surface area contributed by atoms with E-state index in [4.69, 9.17) is 0 Å². The van der Waals surface area contributed by atoms with Gasteiger partial charge in [-0.3, -0.25) is 10.1 Å². The van der Waals surface area contributed by atoms with Crippen molar-refractivity contribution in [3.05, 3.63) is 88.5 Å². The van der Waals surface area contributed by atoms with Gasteiger partial charge in [0.25, 0.3) is 5.69 Å². The summed E-state index contributed by atoms with van der Waals surface area (Å²) in [4.78, 5) is 10.5. The maximum absolute atomic E-state index is 10.9. The lowest BCUT2D eigenvalue weighted by Crippen LogP contribution is -1.96. The van der Waals surface area contributed by atoms with Gasteiger partial charge in [-0.25, -0.2) is 0 Å². The second kappa shape index (κ2) is 6.32. The molecule has 0 aliphatic carbocycles. The number of nitro benzene ring substituents is 1. The molecular formula is C19H16N2O2. The Bertz CT molecular complexity index is 845. The number of hydrogen-bond acceptors (Lipinski definition) is 3. The first-order chi connectivity index (χ1) is 11.1. The molecule has 0 aliphatic rings. The zero-order valence-electron chi connectivity index (χ0n) is 12.7. The van der Waals surface area contributed by atoms with Crippen molar-refractivity contribution in [2.24, 2.45) is 0 Å². The number of non-ortho nitro benzene ring substituents is 1. The second-order valence-electron chi connectivity index (χ2n) is 5.33. The molecule has 0 amide bonds. The molecule has 0 spiro atoms. The number of rotatable bonds is 4. The average Bonchev–Trinajstić information content (AvgIpc) is 2.58. The molecule has 0 saturated carbocycles. The summed E-state index contributed by atoms with van der Waals surface area (Å²) < 4.78 is 0. The van der Waals surface area contributed by atoms with Crippen molar-refractivity contribution in [1.29, 1.82) is 0 Å². The molecule has 0 bridgehead atoms. The van der Waals surface area contributed by atoms with Gasteiger partial charge in [0.1, 0.15) is 0 Å². The molecule has 3 aromatic carbocycles. The smallest absolute Gasteiger partial charge is 0.271 e. The van der Waals surface area contributed by atoms with Crippen molar-refractivity contribution in [2.75, 3.05) is 5.32 Å². The predicted molar refractivity (Wildman–Crippen MR) is 93.0 cm³/mol. The summed E-state index contributed by atoms with van der Waals surface area (Å²) in [5.41, 5.74) is 4.91. The Morgan fingerprint density at radius 3 is 2.35 bits per heavy atom. The van der Waals surface area contributed by atoms with E-state index in [-0.39, 0.29) is 10.6 Å². The first-order valence-electron chi connectivity index (χ1n) is 7.31. The van der Waals surface area contributed by atoms with Gasteiger partial charge in [0.2, 0.25) is 0 Å². The highest BCUT2D eigenvalue weighted by Crippen LogP contribution is 2.28. The zero-order chi connectivity index (χ0) is 16.2. The van der Waals surface area contributed by atoms with E-state index in [0.717, 1.165) is 28.1 Å². The molecule has 0 radical (unpaired) electrons. The number of aryl methyl sites for hydroxylation is 1.